The number of rotatable bonds is 2. The molecule has 0 aliphatic rings. The van der Waals surface area contributed by atoms with Gasteiger partial charge in [0.1, 0.15) is 0 Å². The molecule has 1 heterocycles. The van der Waals surface area contributed by atoms with Crippen LogP contribution in [0.15, 0.2) is 28.8 Å². The number of hydrogen-bond acceptors (Lipinski definition) is 3. The summed E-state index contributed by atoms with van der Waals surface area (Å²) < 4.78 is 5.24. The van der Waals surface area contributed by atoms with Gasteiger partial charge < -0.3 is 10.3 Å². The molecule has 3 heteroatoms. The molecule has 0 saturated carbocycles. The first kappa shape index (κ1) is 9.77. The molecular formula is C12H14N2O. The fourth-order valence-corrected chi connectivity index (χ4v) is 1.59. The molecule has 2 aromatic rings. The lowest BCUT2D eigenvalue weighted by atomic mass is 10.1. The van der Waals surface area contributed by atoms with Crippen LogP contribution in [0.2, 0.25) is 0 Å². The Balaban J connectivity index is 2.49. The van der Waals surface area contributed by atoms with E-state index >= 15 is 0 Å². The number of nitrogen functional groups attached to an aromatic ring is 1. The molecule has 1 aromatic heterocycles. The Kier molecular flexibility index (Phi) is 2.46. The molecule has 0 bridgehead atoms. The quantitative estimate of drug-likeness (QED) is 0.814. The summed E-state index contributed by atoms with van der Waals surface area (Å²) in [7, 11) is 0. The number of nitrogens with two attached hydrogens (primary N) is 1. The molecule has 2 rings (SSSR count). The molecule has 3 nitrogen and oxygen atoms in total. The van der Waals surface area contributed by atoms with E-state index in [4.69, 9.17) is 10.3 Å². The minimum atomic E-state index is 0.494. The number of anilines is 1. The van der Waals surface area contributed by atoms with E-state index in [0.29, 0.717) is 5.82 Å². The summed E-state index contributed by atoms with van der Waals surface area (Å²) in [5, 5.41) is 3.79. The summed E-state index contributed by atoms with van der Waals surface area (Å²) >= 11 is 0. The minimum absolute atomic E-state index is 0.494. The topological polar surface area (TPSA) is 52.0 Å². The second kappa shape index (κ2) is 3.77. The Labute approximate surface area is 88.9 Å². The molecular weight excluding hydrogens is 188 g/mol. The molecule has 0 amide bonds. The van der Waals surface area contributed by atoms with Gasteiger partial charge >= 0.3 is 0 Å². The van der Waals surface area contributed by atoms with Gasteiger partial charge in [-0.1, -0.05) is 41.9 Å². The molecule has 15 heavy (non-hydrogen) atoms. The number of aromatic nitrogens is 1. The van der Waals surface area contributed by atoms with Crippen molar-refractivity contribution in [1.82, 2.24) is 5.16 Å². The lowest BCUT2D eigenvalue weighted by molar-refractivity contribution is 0.435. The van der Waals surface area contributed by atoms with Crippen molar-refractivity contribution >= 4 is 5.82 Å². The van der Waals surface area contributed by atoms with Crippen LogP contribution in [0.1, 0.15) is 18.1 Å². The van der Waals surface area contributed by atoms with Gasteiger partial charge in [-0.05, 0) is 13.3 Å². The number of hydrogen-bond donors (Lipinski definition) is 1. The molecule has 0 unspecified atom stereocenters. The highest BCUT2D eigenvalue weighted by Gasteiger charge is 2.13. The molecule has 2 N–H and O–H groups in total. The Bertz CT molecular complexity index is 457. The van der Waals surface area contributed by atoms with Crippen LogP contribution < -0.4 is 5.73 Å². The molecule has 0 aliphatic heterocycles. The van der Waals surface area contributed by atoms with Gasteiger partial charge in [0, 0.05) is 11.1 Å². The number of benzene rings is 1. The maximum absolute atomic E-state index is 5.71. The van der Waals surface area contributed by atoms with Gasteiger partial charge in [0.15, 0.2) is 11.6 Å². The van der Waals surface area contributed by atoms with Gasteiger partial charge in [-0.2, -0.15) is 0 Å². The van der Waals surface area contributed by atoms with Crippen LogP contribution in [0, 0.1) is 6.92 Å². The van der Waals surface area contributed by atoms with Crippen LogP contribution >= 0.6 is 0 Å². The van der Waals surface area contributed by atoms with E-state index in [1.54, 1.807) is 0 Å². The Hall–Kier alpha value is -1.77. The van der Waals surface area contributed by atoms with Crippen molar-refractivity contribution in [2.75, 3.05) is 5.73 Å². The second-order valence-corrected chi connectivity index (χ2v) is 3.60. The third kappa shape index (κ3) is 1.73. The summed E-state index contributed by atoms with van der Waals surface area (Å²) in [6.45, 7) is 4.10. The third-order valence-corrected chi connectivity index (χ3v) is 2.49. The van der Waals surface area contributed by atoms with Gasteiger partial charge in [0.05, 0.1) is 0 Å². The number of aryl methyl sites for hydroxylation is 1. The molecule has 0 spiro atoms. The zero-order chi connectivity index (χ0) is 10.8. The Morgan fingerprint density at radius 3 is 2.53 bits per heavy atom. The minimum Gasteiger partial charge on any atom is -0.381 e. The number of nitrogens with zero attached hydrogens (tertiary/aromatic N) is 1. The molecule has 1 aromatic carbocycles. The lowest BCUT2D eigenvalue weighted by Crippen LogP contribution is -1.90. The molecule has 0 radical (unpaired) electrons. The van der Waals surface area contributed by atoms with Gasteiger partial charge in [-0.15, -0.1) is 0 Å². The predicted octanol–water partition coefficient (Wildman–Crippen LogP) is 2.79. The van der Waals surface area contributed by atoms with Gasteiger partial charge in [-0.25, -0.2) is 0 Å². The molecule has 78 valence electrons. The standard InChI is InChI=1S/C12H14N2O/c1-3-10-11(15-14-12(10)13)9-6-4-8(2)5-7-9/h4-7H,3H2,1-2H3,(H2,13,14). The zero-order valence-electron chi connectivity index (χ0n) is 8.95. The van der Waals surface area contributed by atoms with E-state index in [9.17, 15) is 0 Å². The molecule has 0 aliphatic carbocycles. The van der Waals surface area contributed by atoms with Crippen molar-refractivity contribution in [1.29, 1.82) is 0 Å². The second-order valence-electron chi connectivity index (χ2n) is 3.60. The SMILES string of the molecule is CCc1c(N)noc1-c1ccc(C)cc1. The van der Waals surface area contributed by atoms with Crippen molar-refractivity contribution in [3.05, 3.63) is 35.4 Å². The van der Waals surface area contributed by atoms with E-state index in [1.807, 2.05) is 31.2 Å². The summed E-state index contributed by atoms with van der Waals surface area (Å²) in [5.41, 5.74) is 8.95. The van der Waals surface area contributed by atoms with Crippen molar-refractivity contribution in [2.24, 2.45) is 0 Å². The van der Waals surface area contributed by atoms with Crippen molar-refractivity contribution in [3.8, 4) is 11.3 Å². The summed E-state index contributed by atoms with van der Waals surface area (Å²) in [6.07, 6.45) is 0.832. The van der Waals surface area contributed by atoms with E-state index < -0.39 is 0 Å². The van der Waals surface area contributed by atoms with Crippen LogP contribution in [0.3, 0.4) is 0 Å². The van der Waals surface area contributed by atoms with Crippen molar-refractivity contribution < 1.29 is 4.52 Å². The van der Waals surface area contributed by atoms with Crippen LogP contribution in [-0.4, -0.2) is 5.16 Å². The van der Waals surface area contributed by atoms with Crippen LogP contribution in [0.4, 0.5) is 5.82 Å². The lowest BCUT2D eigenvalue weighted by Gasteiger charge is -1.99. The highest BCUT2D eigenvalue weighted by molar-refractivity contribution is 5.66. The van der Waals surface area contributed by atoms with E-state index in [2.05, 4.69) is 12.1 Å². The predicted molar refractivity (Wildman–Crippen MR) is 60.5 cm³/mol. The Morgan fingerprint density at radius 1 is 1.27 bits per heavy atom. The maximum atomic E-state index is 5.71. The van der Waals surface area contributed by atoms with Crippen LogP contribution in [0.5, 0.6) is 0 Å². The first-order valence-corrected chi connectivity index (χ1v) is 5.03. The maximum Gasteiger partial charge on any atom is 0.172 e. The van der Waals surface area contributed by atoms with E-state index in [1.165, 1.54) is 5.56 Å². The fourth-order valence-electron chi connectivity index (χ4n) is 1.59. The summed E-state index contributed by atoms with van der Waals surface area (Å²) in [5.74, 6) is 1.28. The third-order valence-electron chi connectivity index (χ3n) is 2.49. The average molecular weight is 202 g/mol. The zero-order valence-corrected chi connectivity index (χ0v) is 8.95. The molecule has 0 saturated heterocycles. The first-order chi connectivity index (χ1) is 7.22. The van der Waals surface area contributed by atoms with E-state index in [0.717, 1.165) is 23.3 Å². The smallest absolute Gasteiger partial charge is 0.172 e. The van der Waals surface area contributed by atoms with E-state index in [-0.39, 0.29) is 0 Å². The van der Waals surface area contributed by atoms with Crippen LogP contribution in [-0.2, 0) is 6.42 Å². The normalized spacial score (nSPS) is 10.5. The highest BCUT2D eigenvalue weighted by Crippen LogP contribution is 2.28. The molecule has 0 fully saturated rings. The highest BCUT2D eigenvalue weighted by atomic mass is 16.5. The largest absolute Gasteiger partial charge is 0.381 e. The van der Waals surface area contributed by atoms with Crippen molar-refractivity contribution in [2.45, 2.75) is 20.3 Å². The van der Waals surface area contributed by atoms with Crippen LogP contribution in [0.25, 0.3) is 11.3 Å². The van der Waals surface area contributed by atoms with Gasteiger partial charge in [0.2, 0.25) is 0 Å². The average Bonchev–Trinajstić information content (AvgIpc) is 2.61. The monoisotopic (exact) mass is 202 g/mol. The van der Waals surface area contributed by atoms with Gasteiger partial charge in [-0.3, -0.25) is 0 Å². The Morgan fingerprint density at radius 2 is 1.93 bits per heavy atom. The molecule has 0 atom stereocenters. The van der Waals surface area contributed by atoms with Gasteiger partial charge in [0.25, 0.3) is 0 Å². The van der Waals surface area contributed by atoms with Crippen molar-refractivity contribution in [3.63, 3.8) is 0 Å². The summed E-state index contributed by atoms with van der Waals surface area (Å²) in [6, 6.07) is 8.14. The first-order valence-electron chi connectivity index (χ1n) is 5.03. The summed E-state index contributed by atoms with van der Waals surface area (Å²) in [4.78, 5) is 0. The fraction of sp³-hybridized carbons (Fsp3) is 0.250.